The minimum Gasteiger partial charge on any atom is -0.465 e. The molecule has 0 saturated carbocycles. The third-order valence-corrected chi connectivity index (χ3v) is 4.93. The summed E-state index contributed by atoms with van der Waals surface area (Å²) in [6.07, 6.45) is 1.93. The minimum atomic E-state index is -0.455. The number of hydrogen-bond acceptors (Lipinski definition) is 4. The average molecular weight is 329 g/mol. The lowest BCUT2D eigenvalue weighted by Crippen LogP contribution is -2.41. The van der Waals surface area contributed by atoms with Gasteiger partial charge in [-0.2, -0.15) is 0 Å². The highest BCUT2D eigenvalue weighted by Gasteiger charge is 2.52. The van der Waals surface area contributed by atoms with Crippen molar-refractivity contribution in [1.82, 2.24) is 4.57 Å². The highest BCUT2D eigenvalue weighted by molar-refractivity contribution is 6.65. The first kappa shape index (κ1) is 17.1. The van der Waals surface area contributed by atoms with Crippen LogP contribution in [0.2, 0.25) is 0 Å². The lowest BCUT2D eigenvalue weighted by molar-refractivity contribution is -0.143. The molecule has 0 amide bonds. The van der Waals surface area contributed by atoms with E-state index in [0.717, 1.165) is 16.4 Å². The van der Waals surface area contributed by atoms with Gasteiger partial charge in [0.2, 0.25) is 0 Å². The van der Waals surface area contributed by atoms with Crippen molar-refractivity contribution < 1.29 is 18.8 Å². The SMILES string of the molecule is CCOC(=O)Cn1cc(B2OC(C)(C)C(C)(C)O2)c2ccccc21. The number of aromatic nitrogens is 1. The molecule has 6 heteroatoms. The van der Waals surface area contributed by atoms with Crippen molar-refractivity contribution in [2.75, 3.05) is 6.61 Å². The Morgan fingerprint density at radius 3 is 2.42 bits per heavy atom. The van der Waals surface area contributed by atoms with Gasteiger partial charge in [0.15, 0.2) is 0 Å². The summed E-state index contributed by atoms with van der Waals surface area (Å²) in [6.45, 7) is 10.5. The Morgan fingerprint density at radius 2 is 1.79 bits per heavy atom. The van der Waals surface area contributed by atoms with Crippen molar-refractivity contribution >= 4 is 29.5 Å². The summed E-state index contributed by atoms with van der Waals surface area (Å²) in [5, 5.41) is 1.03. The summed E-state index contributed by atoms with van der Waals surface area (Å²) in [5.41, 5.74) is 1.10. The topological polar surface area (TPSA) is 49.7 Å². The van der Waals surface area contributed by atoms with E-state index in [0.29, 0.717) is 6.61 Å². The molecule has 3 rings (SSSR count). The normalized spacial score (nSPS) is 19.0. The molecule has 0 unspecified atom stereocenters. The van der Waals surface area contributed by atoms with E-state index in [1.54, 1.807) is 0 Å². The molecule has 2 heterocycles. The van der Waals surface area contributed by atoms with Crippen LogP contribution in [-0.4, -0.2) is 35.5 Å². The molecule has 128 valence electrons. The Bertz CT molecular complexity index is 749. The summed E-state index contributed by atoms with van der Waals surface area (Å²) >= 11 is 0. The maximum atomic E-state index is 11.9. The standard InChI is InChI=1S/C18H24BNO4/c1-6-22-16(21)12-20-11-14(13-9-7-8-10-15(13)20)19-23-17(2,3)18(4,5)24-19/h7-11H,6,12H2,1-5H3. The van der Waals surface area contributed by atoms with E-state index in [-0.39, 0.29) is 12.5 Å². The summed E-state index contributed by atoms with van der Waals surface area (Å²) < 4.78 is 19.3. The Balaban J connectivity index is 1.99. The molecule has 1 aromatic carbocycles. The van der Waals surface area contributed by atoms with Crippen LogP contribution in [0.1, 0.15) is 34.6 Å². The van der Waals surface area contributed by atoms with Crippen LogP contribution in [0, 0.1) is 0 Å². The molecule has 24 heavy (non-hydrogen) atoms. The number of nitrogens with zero attached hydrogens (tertiary/aromatic N) is 1. The summed E-state index contributed by atoms with van der Waals surface area (Å²) in [7, 11) is -0.455. The molecule has 2 aromatic rings. The monoisotopic (exact) mass is 329 g/mol. The van der Waals surface area contributed by atoms with Crippen LogP contribution in [0.25, 0.3) is 10.9 Å². The second-order valence-electron chi connectivity index (χ2n) is 7.12. The molecule has 0 atom stereocenters. The summed E-state index contributed by atoms with van der Waals surface area (Å²) in [6, 6.07) is 7.95. The number of para-hydroxylation sites is 1. The molecule has 0 radical (unpaired) electrons. The molecule has 0 N–H and O–H groups in total. The zero-order chi connectivity index (χ0) is 17.5. The van der Waals surface area contributed by atoms with Gasteiger partial charge >= 0.3 is 13.1 Å². The maximum Gasteiger partial charge on any atom is 0.497 e. The molecule has 0 aliphatic carbocycles. The van der Waals surface area contributed by atoms with Crippen LogP contribution in [0.5, 0.6) is 0 Å². The van der Waals surface area contributed by atoms with Crippen molar-refractivity contribution in [3.63, 3.8) is 0 Å². The zero-order valence-electron chi connectivity index (χ0n) is 15.0. The van der Waals surface area contributed by atoms with Crippen molar-refractivity contribution in [3.05, 3.63) is 30.5 Å². The molecule has 5 nitrogen and oxygen atoms in total. The number of carbonyl (C=O) groups excluding carboxylic acids is 1. The summed E-state index contributed by atoms with van der Waals surface area (Å²) in [5.74, 6) is -0.251. The highest BCUT2D eigenvalue weighted by atomic mass is 16.7. The van der Waals surface area contributed by atoms with Gasteiger partial charge in [-0.3, -0.25) is 4.79 Å². The first-order valence-electron chi connectivity index (χ1n) is 8.34. The van der Waals surface area contributed by atoms with Crippen molar-refractivity contribution in [3.8, 4) is 0 Å². The smallest absolute Gasteiger partial charge is 0.465 e. The van der Waals surface area contributed by atoms with E-state index in [4.69, 9.17) is 14.0 Å². The molecule has 1 fully saturated rings. The highest BCUT2D eigenvalue weighted by Crippen LogP contribution is 2.37. The second-order valence-corrected chi connectivity index (χ2v) is 7.12. The Kier molecular flexibility index (Phi) is 4.22. The van der Waals surface area contributed by atoms with Gasteiger partial charge in [0, 0.05) is 17.2 Å². The van der Waals surface area contributed by atoms with Gasteiger partial charge < -0.3 is 18.6 Å². The van der Waals surface area contributed by atoms with Gasteiger partial charge in [0.1, 0.15) is 6.54 Å². The van der Waals surface area contributed by atoms with E-state index in [2.05, 4.69) is 0 Å². The Labute approximate surface area is 143 Å². The van der Waals surface area contributed by atoms with E-state index < -0.39 is 18.3 Å². The zero-order valence-corrected chi connectivity index (χ0v) is 15.0. The number of ether oxygens (including phenoxy) is 1. The van der Waals surface area contributed by atoms with Crippen LogP contribution in [0.3, 0.4) is 0 Å². The lowest BCUT2D eigenvalue weighted by atomic mass is 9.79. The third-order valence-electron chi connectivity index (χ3n) is 4.93. The van der Waals surface area contributed by atoms with Crippen LogP contribution in [-0.2, 0) is 25.4 Å². The second kappa shape index (κ2) is 5.94. The summed E-state index contributed by atoms with van der Waals surface area (Å²) in [4.78, 5) is 11.9. The predicted molar refractivity (Wildman–Crippen MR) is 94.3 cm³/mol. The van der Waals surface area contributed by atoms with E-state index in [9.17, 15) is 4.79 Å². The van der Waals surface area contributed by atoms with Crippen LogP contribution >= 0.6 is 0 Å². The fourth-order valence-corrected chi connectivity index (χ4v) is 2.91. The average Bonchev–Trinajstić information content (AvgIpc) is 2.95. The molecule has 1 aliphatic heterocycles. The van der Waals surface area contributed by atoms with Gasteiger partial charge in [0.25, 0.3) is 0 Å². The number of carbonyl (C=O) groups is 1. The van der Waals surface area contributed by atoms with E-state index in [1.165, 1.54) is 0 Å². The minimum absolute atomic E-state index is 0.174. The van der Waals surface area contributed by atoms with Crippen molar-refractivity contribution in [2.45, 2.75) is 52.4 Å². The molecular weight excluding hydrogens is 305 g/mol. The fraction of sp³-hybridized carbons (Fsp3) is 0.500. The third kappa shape index (κ3) is 2.85. The van der Waals surface area contributed by atoms with Crippen molar-refractivity contribution in [1.29, 1.82) is 0 Å². The number of hydrogen-bond donors (Lipinski definition) is 0. The number of benzene rings is 1. The Hall–Kier alpha value is -1.79. The van der Waals surface area contributed by atoms with Gasteiger partial charge in [-0.1, -0.05) is 18.2 Å². The predicted octanol–water partition coefficient (Wildman–Crippen LogP) is 2.50. The van der Waals surface area contributed by atoms with E-state index >= 15 is 0 Å². The van der Waals surface area contributed by atoms with Gasteiger partial charge in [-0.25, -0.2) is 0 Å². The first-order chi connectivity index (χ1) is 11.2. The van der Waals surface area contributed by atoms with E-state index in [1.807, 2.05) is 69.6 Å². The molecular formula is C18H24BNO4. The number of rotatable bonds is 4. The van der Waals surface area contributed by atoms with Gasteiger partial charge in [-0.05, 0) is 46.1 Å². The van der Waals surface area contributed by atoms with Gasteiger partial charge in [-0.15, -0.1) is 0 Å². The first-order valence-corrected chi connectivity index (χ1v) is 8.34. The molecule has 0 bridgehead atoms. The quantitative estimate of drug-likeness (QED) is 0.639. The van der Waals surface area contributed by atoms with Crippen LogP contribution in [0.15, 0.2) is 30.5 Å². The Morgan fingerprint density at radius 1 is 1.17 bits per heavy atom. The van der Waals surface area contributed by atoms with Gasteiger partial charge in [0.05, 0.1) is 17.8 Å². The molecule has 1 aromatic heterocycles. The molecule has 0 spiro atoms. The maximum absolute atomic E-state index is 11.9. The van der Waals surface area contributed by atoms with Crippen LogP contribution in [0.4, 0.5) is 0 Å². The molecule has 1 aliphatic rings. The lowest BCUT2D eigenvalue weighted by Gasteiger charge is -2.32. The number of fused-ring (bicyclic) bond motifs is 1. The van der Waals surface area contributed by atoms with Crippen molar-refractivity contribution in [2.24, 2.45) is 0 Å². The molecule has 1 saturated heterocycles. The number of esters is 1. The largest absolute Gasteiger partial charge is 0.497 e. The van der Waals surface area contributed by atoms with Crippen LogP contribution < -0.4 is 5.46 Å². The fourth-order valence-electron chi connectivity index (χ4n) is 2.91.